The first-order chi connectivity index (χ1) is 9.10. The SMILES string of the molecule is Cc1nccc2c1ccn2S(=O)(=O)c1ccccc1. The highest BCUT2D eigenvalue weighted by Crippen LogP contribution is 2.23. The maximum absolute atomic E-state index is 12.6. The standard InChI is InChI=1S/C14H12N2O2S/c1-11-13-8-10-16(14(13)7-9-15-11)19(17,18)12-5-3-2-4-6-12/h2-10H,1H3. The van der Waals surface area contributed by atoms with Crippen molar-refractivity contribution in [2.45, 2.75) is 11.8 Å². The van der Waals surface area contributed by atoms with E-state index in [-0.39, 0.29) is 4.90 Å². The number of aryl methyl sites for hydroxylation is 1. The Labute approximate surface area is 111 Å². The van der Waals surface area contributed by atoms with E-state index in [0.29, 0.717) is 5.52 Å². The summed E-state index contributed by atoms with van der Waals surface area (Å²) in [6, 6.07) is 11.9. The van der Waals surface area contributed by atoms with Gasteiger partial charge < -0.3 is 0 Å². The van der Waals surface area contributed by atoms with Crippen molar-refractivity contribution in [3.05, 3.63) is 60.6 Å². The molecule has 0 unspecified atom stereocenters. The van der Waals surface area contributed by atoms with Crippen molar-refractivity contribution in [2.24, 2.45) is 0 Å². The number of aromatic nitrogens is 2. The monoisotopic (exact) mass is 272 g/mol. The number of benzene rings is 1. The minimum absolute atomic E-state index is 0.280. The van der Waals surface area contributed by atoms with E-state index in [9.17, 15) is 8.42 Å². The van der Waals surface area contributed by atoms with Crippen molar-refractivity contribution in [2.75, 3.05) is 0 Å². The van der Waals surface area contributed by atoms with Crippen LogP contribution in [0.1, 0.15) is 5.69 Å². The van der Waals surface area contributed by atoms with E-state index in [0.717, 1.165) is 11.1 Å². The van der Waals surface area contributed by atoms with Crippen LogP contribution in [-0.2, 0) is 10.0 Å². The first kappa shape index (κ1) is 11.9. The fourth-order valence-electron chi connectivity index (χ4n) is 2.10. The zero-order valence-corrected chi connectivity index (χ0v) is 11.1. The molecule has 0 saturated heterocycles. The van der Waals surface area contributed by atoms with Gasteiger partial charge in [-0.2, -0.15) is 0 Å². The lowest BCUT2D eigenvalue weighted by molar-refractivity contribution is 0.589. The highest BCUT2D eigenvalue weighted by Gasteiger charge is 2.18. The molecule has 3 rings (SSSR count). The van der Waals surface area contributed by atoms with Gasteiger partial charge in [0.1, 0.15) is 0 Å². The lowest BCUT2D eigenvalue weighted by atomic mass is 10.2. The molecule has 0 amide bonds. The summed E-state index contributed by atoms with van der Waals surface area (Å²) in [7, 11) is -3.55. The quantitative estimate of drug-likeness (QED) is 0.720. The van der Waals surface area contributed by atoms with Crippen LogP contribution in [0.2, 0.25) is 0 Å². The predicted molar refractivity (Wildman–Crippen MR) is 73.5 cm³/mol. The molecular formula is C14H12N2O2S. The Bertz CT molecular complexity index is 836. The molecule has 2 heterocycles. The van der Waals surface area contributed by atoms with Gasteiger partial charge in [-0.1, -0.05) is 18.2 Å². The van der Waals surface area contributed by atoms with Crippen LogP contribution in [0.4, 0.5) is 0 Å². The number of pyridine rings is 1. The molecule has 2 aromatic heterocycles. The van der Waals surface area contributed by atoms with Gasteiger partial charge in [-0.25, -0.2) is 12.4 Å². The second-order valence-corrected chi connectivity index (χ2v) is 6.07. The number of fused-ring (bicyclic) bond motifs is 1. The molecule has 0 fully saturated rings. The maximum atomic E-state index is 12.6. The van der Waals surface area contributed by atoms with Gasteiger partial charge in [-0.05, 0) is 31.2 Å². The van der Waals surface area contributed by atoms with Gasteiger partial charge in [0.25, 0.3) is 10.0 Å². The third-order valence-electron chi connectivity index (χ3n) is 3.08. The van der Waals surface area contributed by atoms with Gasteiger partial charge in [0.2, 0.25) is 0 Å². The maximum Gasteiger partial charge on any atom is 0.268 e. The topological polar surface area (TPSA) is 52.0 Å². The van der Waals surface area contributed by atoms with E-state index in [1.54, 1.807) is 54.9 Å². The normalized spacial score (nSPS) is 11.8. The predicted octanol–water partition coefficient (Wildman–Crippen LogP) is 2.58. The summed E-state index contributed by atoms with van der Waals surface area (Å²) in [4.78, 5) is 4.45. The summed E-state index contributed by atoms with van der Waals surface area (Å²) in [6.45, 7) is 1.86. The van der Waals surface area contributed by atoms with Gasteiger partial charge in [-0.3, -0.25) is 4.98 Å². The van der Waals surface area contributed by atoms with Crippen molar-refractivity contribution in [1.29, 1.82) is 0 Å². The number of hydrogen-bond donors (Lipinski definition) is 0. The van der Waals surface area contributed by atoms with E-state index in [2.05, 4.69) is 4.98 Å². The summed E-state index contributed by atoms with van der Waals surface area (Å²) >= 11 is 0. The number of nitrogens with zero attached hydrogens (tertiary/aromatic N) is 2. The molecule has 0 aliphatic heterocycles. The third-order valence-corrected chi connectivity index (χ3v) is 4.78. The van der Waals surface area contributed by atoms with E-state index in [1.165, 1.54) is 3.97 Å². The Morgan fingerprint density at radius 2 is 1.79 bits per heavy atom. The summed E-state index contributed by atoms with van der Waals surface area (Å²) < 4.78 is 26.4. The molecule has 0 aliphatic rings. The molecule has 3 aromatic rings. The number of rotatable bonds is 2. The van der Waals surface area contributed by atoms with Crippen molar-refractivity contribution < 1.29 is 8.42 Å². The van der Waals surface area contributed by atoms with Crippen molar-refractivity contribution in [1.82, 2.24) is 8.96 Å². The van der Waals surface area contributed by atoms with Gasteiger partial charge in [0, 0.05) is 23.5 Å². The largest absolute Gasteiger partial charge is 0.268 e. The summed E-state index contributed by atoms with van der Waals surface area (Å²) in [6.07, 6.45) is 3.19. The fraction of sp³-hybridized carbons (Fsp3) is 0.0714. The molecule has 4 nitrogen and oxygen atoms in total. The molecule has 0 N–H and O–H groups in total. The minimum Gasteiger partial charge on any atom is -0.261 e. The molecule has 0 saturated carbocycles. The molecule has 0 atom stereocenters. The zero-order valence-electron chi connectivity index (χ0n) is 10.3. The minimum atomic E-state index is -3.55. The van der Waals surface area contributed by atoms with Gasteiger partial charge >= 0.3 is 0 Å². The summed E-state index contributed by atoms with van der Waals surface area (Å²) in [5, 5.41) is 0.849. The smallest absolute Gasteiger partial charge is 0.261 e. The fourth-order valence-corrected chi connectivity index (χ4v) is 3.47. The molecule has 0 spiro atoms. The molecule has 0 aliphatic carbocycles. The van der Waals surface area contributed by atoms with Crippen LogP contribution in [0.5, 0.6) is 0 Å². The third kappa shape index (κ3) is 1.82. The Morgan fingerprint density at radius 3 is 2.53 bits per heavy atom. The molecule has 1 aromatic carbocycles. The van der Waals surface area contributed by atoms with Crippen LogP contribution in [0.15, 0.2) is 59.8 Å². The summed E-state index contributed by atoms with van der Waals surface area (Å²) in [5.74, 6) is 0. The van der Waals surface area contributed by atoms with Crippen LogP contribution < -0.4 is 0 Å². The highest BCUT2D eigenvalue weighted by molar-refractivity contribution is 7.90. The van der Waals surface area contributed by atoms with Crippen LogP contribution >= 0.6 is 0 Å². The Kier molecular flexibility index (Phi) is 2.64. The van der Waals surface area contributed by atoms with Crippen molar-refractivity contribution in [3.8, 4) is 0 Å². The van der Waals surface area contributed by atoms with Crippen LogP contribution in [0.25, 0.3) is 10.9 Å². The lowest BCUT2D eigenvalue weighted by Gasteiger charge is -2.07. The Balaban J connectivity index is 2.29. The van der Waals surface area contributed by atoms with E-state index >= 15 is 0 Å². The van der Waals surface area contributed by atoms with Gasteiger partial charge in [-0.15, -0.1) is 0 Å². The molecule has 0 radical (unpaired) electrons. The molecule has 0 bridgehead atoms. The Hall–Kier alpha value is -2.14. The molecule has 96 valence electrons. The van der Waals surface area contributed by atoms with E-state index in [4.69, 9.17) is 0 Å². The molecule has 5 heteroatoms. The van der Waals surface area contributed by atoms with Crippen molar-refractivity contribution in [3.63, 3.8) is 0 Å². The summed E-state index contributed by atoms with van der Waals surface area (Å²) in [5.41, 5.74) is 1.47. The zero-order chi connectivity index (χ0) is 13.5. The van der Waals surface area contributed by atoms with E-state index in [1.807, 2.05) is 6.92 Å². The van der Waals surface area contributed by atoms with Crippen LogP contribution in [0.3, 0.4) is 0 Å². The molecular weight excluding hydrogens is 260 g/mol. The van der Waals surface area contributed by atoms with Gasteiger partial charge in [0.15, 0.2) is 0 Å². The first-order valence-corrected chi connectivity index (χ1v) is 7.28. The highest BCUT2D eigenvalue weighted by atomic mass is 32.2. The van der Waals surface area contributed by atoms with E-state index < -0.39 is 10.0 Å². The lowest BCUT2D eigenvalue weighted by Crippen LogP contribution is -2.11. The first-order valence-electron chi connectivity index (χ1n) is 5.84. The second-order valence-electron chi connectivity index (χ2n) is 4.26. The molecule has 19 heavy (non-hydrogen) atoms. The average Bonchev–Trinajstić information content (AvgIpc) is 2.86. The second kappa shape index (κ2) is 4.20. The van der Waals surface area contributed by atoms with Crippen LogP contribution in [-0.4, -0.2) is 17.4 Å². The van der Waals surface area contributed by atoms with Crippen molar-refractivity contribution >= 4 is 20.9 Å². The average molecular weight is 272 g/mol. The van der Waals surface area contributed by atoms with Crippen LogP contribution in [0, 0.1) is 6.92 Å². The number of hydrogen-bond acceptors (Lipinski definition) is 3. The Morgan fingerprint density at radius 1 is 1.05 bits per heavy atom. The van der Waals surface area contributed by atoms with Gasteiger partial charge in [0.05, 0.1) is 10.4 Å².